The first-order chi connectivity index (χ1) is 8.82. The highest BCUT2D eigenvalue weighted by atomic mass is 16.2. The first-order valence-corrected chi connectivity index (χ1v) is 5.61. The van der Waals surface area contributed by atoms with E-state index in [1.165, 1.54) is 0 Å². The lowest BCUT2D eigenvalue weighted by molar-refractivity contribution is -0.118. The molecule has 3 heterocycles. The Bertz CT molecular complexity index is 699. The van der Waals surface area contributed by atoms with E-state index in [-0.39, 0.29) is 5.91 Å². The van der Waals surface area contributed by atoms with Crippen LogP contribution in [-0.4, -0.2) is 11.7 Å². The monoisotopic (exact) mass is 236 g/mol. The molecule has 1 aromatic rings. The maximum Gasteiger partial charge on any atom is 0.243 e. The van der Waals surface area contributed by atoms with Crippen LogP contribution in [0, 0.1) is 0 Å². The molecule has 1 N–H and O–H groups in total. The lowest BCUT2D eigenvalue weighted by atomic mass is 9.74. The number of nitrogens with zero attached hydrogens (tertiary/aromatic N) is 3. The number of amidine groups is 1. The molecule has 3 aliphatic heterocycles. The van der Waals surface area contributed by atoms with Crippen molar-refractivity contribution in [3.05, 3.63) is 53.9 Å². The van der Waals surface area contributed by atoms with Crippen LogP contribution >= 0.6 is 0 Å². The largest absolute Gasteiger partial charge is 0.324 e. The number of hydrogen-bond acceptors (Lipinski definition) is 4. The molecule has 5 heteroatoms. The summed E-state index contributed by atoms with van der Waals surface area (Å²) in [5.74, 6) is 0.440. The van der Waals surface area contributed by atoms with Crippen molar-refractivity contribution in [3.8, 4) is 0 Å². The molecule has 0 aromatic heterocycles. The third-order valence-corrected chi connectivity index (χ3v) is 3.48. The van der Waals surface area contributed by atoms with E-state index in [9.17, 15) is 4.79 Å². The van der Waals surface area contributed by atoms with Crippen LogP contribution in [0.25, 0.3) is 0 Å². The zero-order chi connectivity index (χ0) is 12.2. The quantitative estimate of drug-likeness (QED) is 0.736. The van der Waals surface area contributed by atoms with Crippen LogP contribution in [0.2, 0.25) is 0 Å². The number of rotatable bonds is 0. The second-order valence-corrected chi connectivity index (χ2v) is 4.33. The van der Waals surface area contributed by atoms with E-state index < -0.39 is 5.41 Å². The number of aliphatic imine (C=N–C) groups is 1. The minimum absolute atomic E-state index is 0.0779. The Morgan fingerprint density at radius 2 is 2.11 bits per heavy atom. The van der Waals surface area contributed by atoms with Crippen LogP contribution in [-0.2, 0) is 10.2 Å². The summed E-state index contributed by atoms with van der Waals surface area (Å²) in [4.78, 5) is 16.6. The van der Waals surface area contributed by atoms with Crippen molar-refractivity contribution in [2.45, 2.75) is 5.41 Å². The van der Waals surface area contributed by atoms with Crippen LogP contribution in [0.3, 0.4) is 0 Å². The number of benzene rings is 1. The first kappa shape index (κ1) is 9.47. The smallest absolute Gasteiger partial charge is 0.243 e. The number of carbonyl (C=O) groups is 1. The minimum atomic E-state index is -0.822. The molecule has 5 nitrogen and oxygen atoms in total. The summed E-state index contributed by atoms with van der Waals surface area (Å²) in [5.41, 5.74) is 1.68. The summed E-state index contributed by atoms with van der Waals surface area (Å²) < 4.78 is 0. The molecule has 18 heavy (non-hydrogen) atoms. The van der Waals surface area contributed by atoms with Crippen molar-refractivity contribution < 1.29 is 4.79 Å². The molecule has 1 atom stereocenters. The average molecular weight is 236 g/mol. The number of fused-ring (bicyclic) bond motifs is 4. The van der Waals surface area contributed by atoms with E-state index in [0.717, 1.165) is 16.8 Å². The summed E-state index contributed by atoms with van der Waals surface area (Å²) in [6.07, 6.45) is 5.04. The SMILES string of the molecule is O=C1Nc2ccccc2C12C=CN=C1N=NC=C12. The van der Waals surface area contributed by atoms with Crippen molar-refractivity contribution in [1.82, 2.24) is 0 Å². The van der Waals surface area contributed by atoms with Crippen LogP contribution < -0.4 is 5.32 Å². The number of anilines is 1. The number of hydrogen-bond donors (Lipinski definition) is 1. The van der Waals surface area contributed by atoms with Crippen LogP contribution in [0.4, 0.5) is 5.69 Å². The second-order valence-electron chi connectivity index (χ2n) is 4.33. The van der Waals surface area contributed by atoms with Gasteiger partial charge in [0.25, 0.3) is 0 Å². The normalized spacial score (nSPS) is 26.8. The molecule has 0 aliphatic carbocycles. The Morgan fingerprint density at radius 1 is 1.22 bits per heavy atom. The minimum Gasteiger partial charge on any atom is -0.324 e. The van der Waals surface area contributed by atoms with E-state index in [4.69, 9.17) is 0 Å². The molecule has 4 rings (SSSR count). The lowest BCUT2D eigenvalue weighted by Crippen LogP contribution is -2.37. The van der Waals surface area contributed by atoms with Gasteiger partial charge in [-0.05, 0) is 17.7 Å². The van der Waals surface area contributed by atoms with Crippen LogP contribution in [0.1, 0.15) is 5.56 Å². The molecule has 0 bridgehead atoms. The van der Waals surface area contributed by atoms with E-state index in [2.05, 4.69) is 20.5 Å². The molecular weight excluding hydrogens is 228 g/mol. The summed E-state index contributed by atoms with van der Waals surface area (Å²) in [6, 6.07) is 7.66. The number of amides is 1. The fourth-order valence-corrected chi connectivity index (χ4v) is 2.65. The van der Waals surface area contributed by atoms with E-state index in [1.54, 1.807) is 18.5 Å². The number of carbonyl (C=O) groups excluding carboxylic acids is 1. The van der Waals surface area contributed by atoms with Crippen LogP contribution in [0.5, 0.6) is 0 Å². The molecule has 1 aromatic carbocycles. The third kappa shape index (κ3) is 0.924. The maximum absolute atomic E-state index is 12.4. The molecule has 1 unspecified atom stereocenters. The Kier molecular flexibility index (Phi) is 1.58. The van der Waals surface area contributed by atoms with Gasteiger partial charge in [0.15, 0.2) is 5.84 Å². The van der Waals surface area contributed by atoms with Gasteiger partial charge in [0.05, 0.1) is 6.20 Å². The first-order valence-electron chi connectivity index (χ1n) is 5.61. The Hall–Kier alpha value is -2.56. The summed E-state index contributed by atoms with van der Waals surface area (Å²) in [5, 5.41) is 10.7. The van der Waals surface area contributed by atoms with Crippen molar-refractivity contribution in [2.75, 3.05) is 5.32 Å². The van der Waals surface area contributed by atoms with E-state index in [0.29, 0.717) is 5.84 Å². The Balaban J connectivity index is 2.03. The zero-order valence-electron chi connectivity index (χ0n) is 9.29. The molecule has 0 saturated carbocycles. The molecule has 1 spiro atoms. The summed E-state index contributed by atoms with van der Waals surface area (Å²) in [7, 11) is 0. The lowest BCUT2D eigenvalue weighted by Gasteiger charge is -2.26. The predicted octanol–water partition coefficient (Wildman–Crippen LogP) is 2.15. The molecule has 0 radical (unpaired) electrons. The fourth-order valence-electron chi connectivity index (χ4n) is 2.65. The predicted molar refractivity (Wildman–Crippen MR) is 66.3 cm³/mol. The Morgan fingerprint density at radius 3 is 3.06 bits per heavy atom. The van der Waals surface area contributed by atoms with Crippen molar-refractivity contribution in [2.24, 2.45) is 15.2 Å². The van der Waals surface area contributed by atoms with Gasteiger partial charge in [-0.1, -0.05) is 18.2 Å². The summed E-state index contributed by atoms with van der Waals surface area (Å²) >= 11 is 0. The van der Waals surface area contributed by atoms with Crippen molar-refractivity contribution in [3.63, 3.8) is 0 Å². The molecule has 1 amide bonds. The molecule has 0 saturated heterocycles. The highest BCUT2D eigenvalue weighted by Crippen LogP contribution is 2.46. The van der Waals surface area contributed by atoms with Gasteiger partial charge in [-0.15, -0.1) is 5.11 Å². The molecule has 3 aliphatic rings. The van der Waals surface area contributed by atoms with Crippen molar-refractivity contribution in [1.29, 1.82) is 0 Å². The van der Waals surface area contributed by atoms with Gasteiger partial charge in [0.2, 0.25) is 5.91 Å². The number of azo groups is 1. The van der Waals surface area contributed by atoms with Gasteiger partial charge >= 0.3 is 0 Å². The van der Waals surface area contributed by atoms with Gasteiger partial charge in [0, 0.05) is 17.5 Å². The van der Waals surface area contributed by atoms with Crippen molar-refractivity contribution >= 4 is 17.4 Å². The highest BCUT2D eigenvalue weighted by molar-refractivity contribution is 6.19. The van der Waals surface area contributed by atoms with Crippen LogP contribution in [0.15, 0.2) is 63.5 Å². The molecule has 86 valence electrons. The standard InChI is InChI=1S/C13H8N4O/c18-12-13(8-3-1-2-4-10(8)16-12)5-6-14-11-9(13)7-15-17-11/h1-7H,(H,16,18). The third-order valence-electron chi connectivity index (χ3n) is 3.48. The van der Waals surface area contributed by atoms with E-state index >= 15 is 0 Å². The van der Waals surface area contributed by atoms with Gasteiger partial charge in [-0.25, -0.2) is 4.99 Å². The van der Waals surface area contributed by atoms with Gasteiger partial charge < -0.3 is 5.32 Å². The van der Waals surface area contributed by atoms with E-state index in [1.807, 2.05) is 24.3 Å². The van der Waals surface area contributed by atoms with Gasteiger partial charge in [0.1, 0.15) is 5.41 Å². The molecular formula is C13H8N4O. The summed E-state index contributed by atoms with van der Waals surface area (Å²) in [6.45, 7) is 0. The fraction of sp³-hybridized carbons (Fsp3) is 0.0769. The highest BCUT2D eigenvalue weighted by Gasteiger charge is 2.51. The van der Waals surface area contributed by atoms with Gasteiger partial charge in [-0.3, -0.25) is 4.79 Å². The second kappa shape index (κ2) is 3.01. The van der Waals surface area contributed by atoms with Gasteiger partial charge in [-0.2, -0.15) is 5.11 Å². The number of nitrogens with one attached hydrogen (secondary N) is 1. The maximum atomic E-state index is 12.4. The topological polar surface area (TPSA) is 66.2 Å². The molecule has 0 fully saturated rings. The Labute approximate surface area is 103 Å². The number of para-hydroxylation sites is 1. The zero-order valence-corrected chi connectivity index (χ0v) is 9.29. The average Bonchev–Trinajstić information content (AvgIpc) is 2.96.